The summed E-state index contributed by atoms with van der Waals surface area (Å²) >= 11 is 0. The maximum absolute atomic E-state index is 12.7. The van der Waals surface area contributed by atoms with E-state index in [-0.39, 0.29) is 11.4 Å². The highest BCUT2D eigenvalue weighted by atomic mass is 32.2. The van der Waals surface area contributed by atoms with E-state index in [1.165, 1.54) is 18.7 Å². The van der Waals surface area contributed by atoms with Crippen LogP contribution in [0.3, 0.4) is 0 Å². The van der Waals surface area contributed by atoms with Crippen molar-refractivity contribution in [3.63, 3.8) is 0 Å². The molecule has 5 heteroatoms. The second-order valence-electron chi connectivity index (χ2n) is 6.00. The summed E-state index contributed by atoms with van der Waals surface area (Å²) in [5.74, 6) is 0.326. The third-order valence-electron chi connectivity index (χ3n) is 4.19. The van der Waals surface area contributed by atoms with Crippen LogP contribution in [0.1, 0.15) is 11.1 Å². The minimum Gasteiger partial charge on any atom is -0.495 e. The van der Waals surface area contributed by atoms with Crippen LogP contribution >= 0.6 is 0 Å². The molecule has 26 heavy (non-hydrogen) atoms. The van der Waals surface area contributed by atoms with Crippen LogP contribution in [0.25, 0.3) is 11.1 Å². The van der Waals surface area contributed by atoms with Gasteiger partial charge in [0, 0.05) is 6.54 Å². The van der Waals surface area contributed by atoms with Crippen molar-refractivity contribution in [1.82, 2.24) is 4.72 Å². The summed E-state index contributed by atoms with van der Waals surface area (Å²) in [5, 5.41) is 0. The molecule has 3 rings (SSSR count). The van der Waals surface area contributed by atoms with Gasteiger partial charge in [0.2, 0.25) is 10.0 Å². The van der Waals surface area contributed by atoms with Crippen LogP contribution in [-0.4, -0.2) is 15.5 Å². The fourth-order valence-electron chi connectivity index (χ4n) is 2.78. The first-order chi connectivity index (χ1) is 12.5. The molecule has 0 unspecified atom stereocenters. The molecule has 0 aromatic heterocycles. The van der Waals surface area contributed by atoms with E-state index in [0.29, 0.717) is 5.75 Å². The summed E-state index contributed by atoms with van der Waals surface area (Å²) in [5.41, 5.74) is 4.16. The SMILES string of the molecule is COc1ccccc1S(=O)(=O)NCc1ccccc1-c1ccc(C)cc1. The number of nitrogens with one attached hydrogen (secondary N) is 1. The Hall–Kier alpha value is -2.63. The molecular weight excluding hydrogens is 346 g/mol. The average molecular weight is 367 g/mol. The number of aryl methyl sites for hydroxylation is 1. The molecule has 0 amide bonds. The largest absolute Gasteiger partial charge is 0.495 e. The Morgan fingerprint density at radius 1 is 0.885 bits per heavy atom. The van der Waals surface area contributed by atoms with E-state index in [2.05, 4.69) is 4.72 Å². The second-order valence-corrected chi connectivity index (χ2v) is 7.73. The average Bonchev–Trinajstić information content (AvgIpc) is 2.67. The van der Waals surface area contributed by atoms with Crippen LogP contribution in [0.2, 0.25) is 0 Å². The molecular formula is C21H21NO3S. The van der Waals surface area contributed by atoms with Crippen molar-refractivity contribution in [2.24, 2.45) is 0 Å². The van der Waals surface area contributed by atoms with Crippen LogP contribution in [0.15, 0.2) is 77.7 Å². The van der Waals surface area contributed by atoms with Gasteiger partial charge in [-0.15, -0.1) is 0 Å². The second kappa shape index (κ2) is 7.72. The molecule has 0 fully saturated rings. The lowest BCUT2D eigenvalue weighted by Gasteiger charge is -2.13. The van der Waals surface area contributed by atoms with Crippen LogP contribution in [0.4, 0.5) is 0 Å². The Labute approximate surface area is 154 Å². The van der Waals surface area contributed by atoms with Gasteiger partial charge < -0.3 is 4.74 Å². The lowest BCUT2D eigenvalue weighted by atomic mass is 9.99. The molecule has 3 aromatic carbocycles. The number of hydrogen-bond donors (Lipinski definition) is 1. The maximum Gasteiger partial charge on any atom is 0.244 e. The van der Waals surface area contributed by atoms with E-state index in [9.17, 15) is 8.42 Å². The van der Waals surface area contributed by atoms with Gasteiger partial charge in [-0.05, 0) is 35.7 Å². The third kappa shape index (κ3) is 3.95. The summed E-state index contributed by atoms with van der Waals surface area (Å²) in [7, 11) is -2.22. The highest BCUT2D eigenvalue weighted by Crippen LogP contribution is 2.26. The number of rotatable bonds is 6. The van der Waals surface area contributed by atoms with E-state index < -0.39 is 10.0 Å². The van der Waals surface area contributed by atoms with Crippen LogP contribution < -0.4 is 9.46 Å². The van der Waals surface area contributed by atoms with Gasteiger partial charge in [0.05, 0.1) is 7.11 Å². The molecule has 0 bridgehead atoms. The molecule has 3 aromatic rings. The molecule has 0 spiro atoms. The minimum atomic E-state index is -3.68. The molecule has 0 atom stereocenters. The molecule has 134 valence electrons. The number of sulfonamides is 1. The zero-order valence-electron chi connectivity index (χ0n) is 14.8. The Morgan fingerprint density at radius 2 is 1.54 bits per heavy atom. The van der Waals surface area contributed by atoms with Gasteiger partial charge in [-0.25, -0.2) is 13.1 Å². The van der Waals surface area contributed by atoms with Crippen molar-refractivity contribution in [2.75, 3.05) is 7.11 Å². The number of para-hydroxylation sites is 1. The first kappa shape index (κ1) is 18.2. The van der Waals surface area contributed by atoms with Crippen molar-refractivity contribution < 1.29 is 13.2 Å². The molecule has 0 aliphatic rings. The Balaban J connectivity index is 1.87. The Kier molecular flexibility index (Phi) is 5.40. The van der Waals surface area contributed by atoms with Gasteiger partial charge in [0.25, 0.3) is 0 Å². The molecule has 0 aliphatic carbocycles. The number of methoxy groups -OCH3 is 1. The predicted octanol–water partition coefficient (Wildman–Crippen LogP) is 4.15. The summed E-state index contributed by atoms with van der Waals surface area (Å²) in [6, 6.07) is 22.6. The zero-order chi connectivity index (χ0) is 18.6. The molecule has 0 heterocycles. The van der Waals surface area contributed by atoms with Crippen molar-refractivity contribution in [2.45, 2.75) is 18.4 Å². The predicted molar refractivity (Wildman–Crippen MR) is 104 cm³/mol. The van der Waals surface area contributed by atoms with Crippen molar-refractivity contribution in [1.29, 1.82) is 0 Å². The number of hydrogen-bond acceptors (Lipinski definition) is 3. The van der Waals surface area contributed by atoms with E-state index in [4.69, 9.17) is 4.74 Å². The standard InChI is InChI=1S/C21H21NO3S/c1-16-11-13-17(14-12-16)19-8-4-3-7-18(19)15-22-26(23,24)21-10-6-5-9-20(21)25-2/h3-14,22H,15H2,1-2H3. The maximum atomic E-state index is 12.7. The first-order valence-corrected chi connectivity index (χ1v) is 9.77. The number of benzene rings is 3. The quantitative estimate of drug-likeness (QED) is 0.712. The van der Waals surface area contributed by atoms with E-state index >= 15 is 0 Å². The molecule has 1 N–H and O–H groups in total. The third-order valence-corrected chi connectivity index (χ3v) is 5.63. The Bertz CT molecular complexity index is 996. The molecule has 0 saturated carbocycles. The molecule has 4 nitrogen and oxygen atoms in total. The lowest BCUT2D eigenvalue weighted by Crippen LogP contribution is -2.24. The van der Waals surface area contributed by atoms with Crippen LogP contribution in [0.5, 0.6) is 5.75 Å². The van der Waals surface area contributed by atoms with Gasteiger partial charge in [0.1, 0.15) is 10.6 Å². The van der Waals surface area contributed by atoms with Crippen molar-refractivity contribution >= 4 is 10.0 Å². The minimum absolute atomic E-state index is 0.135. The lowest BCUT2D eigenvalue weighted by molar-refractivity contribution is 0.402. The topological polar surface area (TPSA) is 55.4 Å². The zero-order valence-corrected chi connectivity index (χ0v) is 15.6. The monoisotopic (exact) mass is 367 g/mol. The normalized spacial score (nSPS) is 11.3. The summed E-state index contributed by atoms with van der Waals surface area (Å²) < 4.78 is 33.2. The smallest absolute Gasteiger partial charge is 0.244 e. The van der Waals surface area contributed by atoms with Crippen LogP contribution in [-0.2, 0) is 16.6 Å². The van der Waals surface area contributed by atoms with Crippen LogP contribution in [0, 0.1) is 6.92 Å². The summed E-state index contributed by atoms with van der Waals surface area (Å²) in [6.07, 6.45) is 0. The van der Waals surface area contributed by atoms with Gasteiger partial charge >= 0.3 is 0 Å². The van der Waals surface area contributed by atoms with E-state index in [1.807, 2.05) is 55.5 Å². The molecule has 0 radical (unpaired) electrons. The number of ether oxygens (including phenoxy) is 1. The fourth-order valence-corrected chi connectivity index (χ4v) is 3.96. The molecule has 0 saturated heterocycles. The summed E-state index contributed by atoms with van der Waals surface area (Å²) in [6.45, 7) is 2.24. The van der Waals surface area contributed by atoms with Gasteiger partial charge in [-0.2, -0.15) is 0 Å². The Morgan fingerprint density at radius 3 is 2.27 bits per heavy atom. The van der Waals surface area contributed by atoms with Crippen molar-refractivity contribution in [3.8, 4) is 16.9 Å². The molecule has 0 aliphatic heterocycles. The highest BCUT2D eigenvalue weighted by Gasteiger charge is 2.19. The summed E-state index contributed by atoms with van der Waals surface area (Å²) in [4.78, 5) is 0.135. The van der Waals surface area contributed by atoms with Crippen molar-refractivity contribution in [3.05, 3.63) is 83.9 Å². The van der Waals surface area contributed by atoms with E-state index in [1.54, 1.807) is 18.2 Å². The van der Waals surface area contributed by atoms with Gasteiger partial charge in [-0.3, -0.25) is 0 Å². The fraction of sp³-hybridized carbons (Fsp3) is 0.143. The van der Waals surface area contributed by atoms with Gasteiger partial charge in [0.15, 0.2) is 0 Å². The van der Waals surface area contributed by atoms with E-state index in [0.717, 1.165) is 16.7 Å². The van der Waals surface area contributed by atoms with Gasteiger partial charge in [-0.1, -0.05) is 66.2 Å². The highest BCUT2D eigenvalue weighted by molar-refractivity contribution is 7.89. The first-order valence-electron chi connectivity index (χ1n) is 8.29.